The van der Waals surface area contributed by atoms with Gasteiger partial charge in [-0.05, 0) is 146 Å². The van der Waals surface area contributed by atoms with E-state index in [1.807, 2.05) is 28.7 Å². The molecule has 0 unspecified atom stereocenters. The molecule has 3 heterocycles. The molecule has 0 aliphatic heterocycles. The molecule has 0 aliphatic rings. The van der Waals surface area contributed by atoms with E-state index in [-0.39, 0.29) is 0 Å². The van der Waals surface area contributed by atoms with Crippen molar-refractivity contribution < 1.29 is 4.42 Å². The summed E-state index contributed by atoms with van der Waals surface area (Å²) in [5, 5.41) is 12.1. The molecule has 370 valence electrons. The van der Waals surface area contributed by atoms with Crippen molar-refractivity contribution in [2.24, 2.45) is 0 Å². The highest BCUT2D eigenvalue weighted by molar-refractivity contribution is 7.26. The van der Waals surface area contributed by atoms with Gasteiger partial charge in [0.15, 0.2) is 0 Å². The van der Waals surface area contributed by atoms with Crippen molar-refractivity contribution in [3.63, 3.8) is 0 Å². The Labute approximate surface area is 464 Å². The largest absolute Gasteiger partial charge is 0.456 e. The number of hydrogen-bond acceptors (Lipinski definition) is 5. The molecule has 0 saturated heterocycles. The molecule has 16 rings (SSSR count). The zero-order chi connectivity index (χ0) is 52.0. The maximum Gasteiger partial charge on any atom is 0.137 e. The van der Waals surface area contributed by atoms with Crippen molar-refractivity contribution in [2.45, 2.75) is 0 Å². The number of anilines is 6. The van der Waals surface area contributed by atoms with Crippen LogP contribution < -0.4 is 9.80 Å². The van der Waals surface area contributed by atoms with E-state index in [0.29, 0.717) is 0 Å². The van der Waals surface area contributed by atoms with Crippen molar-refractivity contribution in [3.8, 4) is 33.4 Å². The first-order chi connectivity index (χ1) is 39.2. The van der Waals surface area contributed by atoms with E-state index in [1.54, 1.807) is 0 Å². The molecule has 0 saturated carbocycles. The molecule has 16 aromatic rings. The van der Waals surface area contributed by atoms with Crippen LogP contribution in [-0.4, -0.2) is 0 Å². The van der Waals surface area contributed by atoms with E-state index in [2.05, 4.69) is 283 Å². The first-order valence-electron chi connectivity index (χ1n) is 26.8. The summed E-state index contributed by atoms with van der Waals surface area (Å²) in [6, 6.07) is 102. The molecule has 0 spiro atoms. The Kier molecular flexibility index (Phi) is 10.6. The highest BCUT2D eigenvalue weighted by Crippen LogP contribution is 2.52. The second-order valence-electron chi connectivity index (χ2n) is 20.3. The lowest BCUT2D eigenvalue weighted by Crippen LogP contribution is -2.14. The maximum absolute atomic E-state index is 6.73. The van der Waals surface area contributed by atoms with Gasteiger partial charge < -0.3 is 14.2 Å². The first-order valence-corrected chi connectivity index (χ1v) is 28.4. The topological polar surface area (TPSA) is 19.6 Å². The van der Waals surface area contributed by atoms with Crippen LogP contribution in [-0.2, 0) is 0 Å². The summed E-state index contributed by atoms with van der Waals surface area (Å²) in [5.41, 5.74) is 15.1. The van der Waals surface area contributed by atoms with Crippen LogP contribution in [0.2, 0.25) is 0 Å². The summed E-state index contributed by atoms with van der Waals surface area (Å²) in [4.78, 5) is 4.90. The van der Waals surface area contributed by atoms with Crippen molar-refractivity contribution >= 4 is 141 Å². The van der Waals surface area contributed by atoms with Crippen LogP contribution in [0.3, 0.4) is 0 Å². The predicted molar refractivity (Wildman–Crippen MR) is 340 cm³/mol. The molecule has 0 N–H and O–H groups in total. The minimum atomic E-state index is 0.843. The van der Waals surface area contributed by atoms with Crippen LogP contribution in [0.5, 0.6) is 0 Å². The van der Waals surface area contributed by atoms with E-state index in [0.717, 1.165) is 61.6 Å². The number of furan rings is 1. The van der Waals surface area contributed by atoms with E-state index in [4.69, 9.17) is 4.42 Å². The van der Waals surface area contributed by atoms with Gasteiger partial charge in [0, 0.05) is 91.2 Å². The molecule has 5 heteroatoms. The lowest BCUT2D eigenvalue weighted by Gasteiger charge is -2.31. The van der Waals surface area contributed by atoms with Crippen LogP contribution in [0.4, 0.5) is 34.1 Å². The highest BCUT2D eigenvalue weighted by Gasteiger charge is 2.25. The lowest BCUT2D eigenvalue weighted by molar-refractivity contribution is 0.669. The summed E-state index contributed by atoms with van der Waals surface area (Å²) in [6.07, 6.45) is 0. The van der Waals surface area contributed by atoms with Crippen LogP contribution in [0.1, 0.15) is 0 Å². The number of para-hydroxylation sites is 2. The first kappa shape index (κ1) is 45.4. The van der Waals surface area contributed by atoms with E-state index < -0.39 is 0 Å². The van der Waals surface area contributed by atoms with Gasteiger partial charge in [0.1, 0.15) is 11.2 Å². The van der Waals surface area contributed by atoms with E-state index in [1.165, 1.54) is 89.7 Å². The van der Waals surface area contributed by atoms with Crippen LogP contribution >= 0.6 is 22.7 Å². The normalized spacial score (nSPS) is 11.8. The van der Waals surface area contributed by atoms with Gasteiger partial charge in [0.2, 0.25) is 0 Å². The smallest absolute Gasteiger partial charge is 0.137 e. The second-order valence-corrected chi connectivity index (χ2v) is 22.5. The summed E-state index contributed by atoms with van der Waals surface area (Å²) in [5.74, 6) is 0. The summed E-state index contributed by atoms with van der Waals surface area (Å²) >= 11 is 3.73. The minimum Gasteiger partial charge on any atom is -0.456 e. The fraction of sp³-hybridized carbons (Fsp3) is 0. The van der Waals surface area contributed by atoms with Crippen molar-refractivity contribution in [2.75, 3.05) is 9.80 Å². The Morgan fingerprint density at radius 1 is 0.253 bits per heavy atom. The fourth-order valence-corrected chi connectivity index (χ4v) is 14.6. The third-order valence-electron chi connectivity index (χ3n) is 15.8. The molecule has 0 aliphatic carbocycles. The molecular weight excluding hydrogens is 997 g/mol. The maximum atomic E-state index is 6.73. The Hall–Kier alpha value is -9.78. The van der Waals surface area contributed by atoms with Crippen LogP contribution in [0.15, 0.2) is 283 Å². The zero-order valence-electron chi connectivity index (χ0n) is 42.7. The molecule has 13 aromatic carbocycles. The van der Waals surface area contributed by atoms with Crippen LogP contribution in [0.25, 0.3) is 117 Å². The molecule has 0 atom stereocenters. The molecule has 0 amide bonds. The summed E-state index contributed by atoms with van der Waals surface area (Å²) in [7, 11) is 0. The highest BCUT2D eigenvalue weighted by atomic mass is 32.1. The molecule has 0 radical (unpaired) electrons. The van der Waals surface area contributed by atoms with Gasteiger partial charge in [0.25, 0.3) is 0 Å². The fourth-order valence-electron chi connectivity index (χ4n) is 12.2. The predicted octanol–water partition coefficient (Wildman–Crippen LogP) is 22.6. The third kappa shape index (κ3) is 7.54. The average Bonchev–Trinajstić information content (AvgIpc) is 4.42. The minimum absolute atomic E-state index is 0.843. The molecule has 0 fully saturated rings. The second kappa shape index (κ2) is 18.5. The summed E-state index contributed by atoms with van der Waals surface area (Å²) in [6.45, 7) is 0. The van der Waals surface area contributed by atoms with Gasteiger partial charge in [-0.2, -0.15) is 0 Å². The summed E-state index contributed by atoms with van der Waals surface area (Å²) < 4.78 is 11.7. The molecule has 3 nitrogen and oxygen atoms in total. The lowest BCUT2D eigenvalue weighted by atomic mass is 9.89. The zero-order valence-corrected chi connectivity index (χ0v) is 44.3. The van der Waals surface area contributed by atoms with Gasteiger partial charge in [-0.3, -0.25) is 0 Å². The Bertz CT molecular complexity index is 5020. The van der Waals surface area contributed by atoms with Crippen LogP contribution in [0, 0.1) is 0 Å². The Balaban J connectivity index is 1.03. The third-order valence-corrected chi connectivity index (χ3v) is 18.1. The molecular formula is C74H46N2OS2. The van der Waals surface area contributed by atoms with Gasteiger partial charge in [0.05, 0.1) is 5.69 Å². The van der Waals surface area contributed by atoms with Crippen molar-refractivity contribution in [1.82, 2.24) is 0 Å². The Morgan fingerprint density at radius 2 is 0.797 bits per heavy atom. The molecule has 3 aromatic heterocycles. The quantitative estimate of drug-likeness (QED) is 0.134. The van der Waals surface area contributed by atoms with Gasteiger partial charge in [-0.25, -0.2) is 0 Å². The monoisotopic (exact) mass is 1040 g/mol. The number of nitrogens with zero attached hydrogens (tertiary/aromatic N) is 2. The standard InChI is InChI=1S/C74H46N2OS2/c1-4-19-47(20-5-1)48-35-37-52(38-36-48)75(51-23-8-3-9-24-51)54-41-50(63-46-64-57-26-11-10-25-56(57)62(49-21-6-2-7-22-49)45-65(64)72-60-28-13-17-33-70(60)79-74(63)72)42-55(43-54)76(53-39-40-59-58-27-12-15-31-67(58)77-68(59)44-53)66-30-18-34-71-73(66)61-29-14-16-32-69(61)78-71/h1-46H. The number of thiophene rings is 2. The number of fused-ring (bicyclic) bond motifs is 13. The number of hydrogen-bond donors (Lipinski definition) is 0. The molecule has 79 heavy (non-hydrogen) atoms. The van der Waals surface area contributed by atoms with Crippen molar-refractivity contribution in [1.29, 1.82) is 0 Å². The SMILES string of the molecule is c1ccc(-c2ccc(N(c3ccccc3)c3cc(-c4cc5c6ccccc6c(-c6ccccc6)cc5c5c4sc4ccccc45)cc(N(c4ccc5c(c4)oc4ccccc45)c4cccc5sc6ccccc6c45)c3)cc2)cc1. The Morgan fingerprint density at radius 3 is 1.56 bits per heavy atom. The van der Waals surface area contributed by atoms with Gasteiger partial charge in [-0.15, -0.1) is 22.7 Å². The van der Waals surface area contributed by atoms with Gasteiger partial charge >= 0.3 is 0 Å². The van der Waals surface area contributed by atoms with Crippen molar-refractivity contribution in [3.05, 3.63) is 279 Å². The number of rotatable bonds is 9. The van der Waals surface area contributed by atoms with E-state index in [9.17, 15) is 0 Å². The number of benzene rings is 13. The average molecular weight is 1040 g/mol. The van der Waals surface area contributed by atoms with E-state index >= 15 is 0 Å². The molecule has 0 bridgehead atoms. The van der Waals surface area contributed by atoms with Gasteiger partial charge in [-0.1, -0.05) is 176 Å².